The highest BCUT2D eigenvalue weighted by atomic mass is 16.2. The van der Waals surface area contributed by atoms with E-state index in [0.29, 0.717) is 0 Å². The highest BCUT2D eigenvalue weighted by Crippen LogP contribution is 2.10. The molecule has 0 amide bonds. The molecule has 4 aromatic rings. The fraction of sp³-hybridized carbons (Fsp3) is 0.267. The lowest BCUT2D eigenvalue weighted by atomic mass is 10.5. The lowest BCUT2D eigenvalue weighted by Gasteiger charge is -2.07. The first-order chi connectivity index (χ1) is 13.2. The first-order valence-electron chi connectivity index (χ1n) is 7.97. The van der Waals surface area contributed by atoms with Crippen molar-refractivity contribution in [2.75, 3.05) is 0 Å². The monoisotopic (exact) mass is 386 g/mol. The molecule has 0 aromatic carbocycles. The van der Waals surface area contributed by atoms with E-state index in [1.54, 1.807) is 0 Å². The molecule has 0 aliphatic heterocycles. The van der Waals surface area contributed by atoms with Crippen molar-refractivity contribution in [3.63, 3.8) is 0 Å². The summed E-state index contributed by atoms with van der Waals surface area (Å²) in [5.74, 6) is 0. The van der Waals surface area contributed by atoms with Crippen molar-refractivity contribution in [2.24, 2.45) is 28.2 Å². The molecule has 0 atom stereocenters. The summed E-state index contributed by atoms with van der Waals surface area (Å²) in [6.07, 6.45) is 2.18. The highest BCUT2D eigenvalue weighted by Gasteiger charge is 2.23. The molecule has 0 bridgehead atoms. The van der Waals surface area contributed by atoms with Gasteiger partial charge in [-0.3, -0.25) is 27.9 Å². The SMILES string of the molecule is Cn1c(=O)c2c(ncn2C(=O)n2cnc3c2c(=O)n(C)c(=O)n3C)n(C)c1=O. The molecule has 4 heterocycles. The molecule has 0 aliphatic carbocycles. The topological polar surface area (TPSA) is 141 Å². The zero-order valence-electron chi connectivity index (χ0n) is 15.3. The molecule has 13 nitrogen and oxygen atoms in total. The number of carbonyl (C=O) groups excluding carboxylic acids is 1. The lowest BCUT2D eigenvalue weighted by molar-refractivity contribution is 0.245. The van der Waals surface area contributed by atoms with Crippen LogP contribution < -0.4 is 22.5 Å². The molecular weight excluding hydrogens is 372 g/mol. The minimum atomic E-state index is -0.809. The molecule has 0 radical (unpaired) electrons. The number of hydrogen-bond acceptors (Lipinski definition) is 7. The van der Waals surface area contributed by atoms with Crippen LogP contribution in [0, 0.1) is 0 Å². The summed E-state index contributed by atoms with van der Waals surface area (Å²) in [6.45, 7) is 0. The molecule has 0 saturated carbocycles. The number of nitrogens with zero attached hydrogens (tertiary/aromatic N) is 8. The van der Waals surface area contributed by atoms with E-state index in [9.17, 15) is 24.0 Å². The maximum Gasteiger partial charge on any atom is 0.340 e. The maximum atomic E-state index is 13.1. The van der Waals surface area contributed by atoms with Gasteiger partial charge in [0.05, 0.1) is 0 Å². The molecule has 0 spiro atoms. The van der Waals surface area contributed by atoms with Crippen LogP contribution in [0.4, 0.5) is 4.79 Å². The summed E-state index contributed by atoms with van der Waals surface area (Å²) in [7, 11) is 5.41. The van der Waals surface area contributed by atoms with Gasteiger partial charge in [0, 0.05) is 28.2 Å². The van der Waals surface area contributed by atoms with Crippen LogP contribution in [0.25, 0.3) is 22.3 Å². The van der Waals surface area contributed by atoms with Crippen LogP contribution in [-0.4, -0.2) is 43.4 Å². The van der Waals surface area contributed by atoms with Gasteiger partial charge < -0.3 is 0 Å². The van der Waals surface area contributed by atoms with Gasteiger partial charge in [-0.25, -0.2) is 33.5 Å². The van der Waals surface area contributed by atoms with E-state index < -0.39 is 28.5 Å². The molecule has 144 valence electrons. The Kier molecular flexibility index (Phi) is 3.40. The molecule has 0 fully saturated rings. The molecular formula is C15H14N8O5. The van der Waals surface area contributed by atoms with Crippen LogP contribution in [-0.2, 0) is 28.2 Å². The van der Waals surface area contributed by atoms with Crippen molar-refractivity contribution in [1.29, 1.82) is 0 Å². The normalized spacial score (nSPS) is 11.6. The summed E-state index contributed by atoms with van der Waals surface area (Å²) in [4.78, 5) is 70.2. The summed E-state index contributed by atoms with van der Waals surface area (Å²) in [5.41, 5.74) is -2.82. The van der Waals surface area contributed by atoms with Gasteiger partial charge in [-0.1, -0.05) is 0 Å². The van der Waals surface area contributed by atoms with Gasteiger partial charge in [0.2, 0.25) is 0 Å². The zero-order chi connectivity index (χ0) is 20.5. The number of aromatic nitrogens is 8. The van der Waals surface area contributed by atoms with E-state index in [-0.39, 0.29) is 22.3 Å². The molecule has 0 aliphatic rings. The van der Waals surface area contributed by atoms with E-state index in [2.05, 4.69) is 9.97 Å². The fourth-order valence-electron chi connectivity index (χ4n) is 3.10. The fourth-order valence-corrected chi connectivity index (χ4v) is 3.10. The van der Waals surface area contributed by atoms with Gasteiger partial charge in [0.25, 0.3) is 11.1 Å². The van der Waals surface area contributed by atoms with Crippen molar-refractivity contribution in [2.45, 2.75) is 0 Å². The summed E-state index contributed by atoms with van der Waals surface area (Å²) in [6, 6.07) is -0.809. The van der Waals surface area contributed by atoms with E-state index in [4.69, 9.17) is 0 Å². The Morgan fingerprint density at radius 1 is 0.679 bits per heavy atom. The lowest BCUT2D eigenvalue weighted by Crippen LogP contribution is -2.39. The van der Waals surface area contributed by atoms with Crippen molar-refractivity contribution in [3.05, 3.63) is 54.3 Å². The zero-order valence-corrected chi connectivity index (χ0v) is 15.3. The third-order valence-corrected chi connectivity index (χ3v) is 4.71. The van der Waals surface area contributed by atoms with Crippen LogP contribution in [0.3, 0.4) is 0 Å². The van der Waals surface area contributed by atoms with E-state index in [1.165, 1.54) is 28.2 Å². The second-order valence-electron chi connectivity index (χ2n) is 6.27. The summed E-state index contributed by atoms with van der Waals surface area (Å²) in [5, 5.41) is 0. The van der Waals surface area contributed by atoms with E-state index >= 15 is 0 Å². The van der Waals surface area contributed by atoms with Gasteiger partial charge in [-0.15, -0.1) is 0 Å². The van der Waals surface area contributed by atoms with Crippen molar-refractivity contribution < 1.29 is 4.79 Å². The van der Waals surface area contributed by atoms with Crippen LogP contribution in [0.2, 0.25) is 0 Å². The Morgan fingerprint density at radius 3 is 1.39 bits per heavy atom. The van der Waals surface area contributed by atoms with E-state index in [0.717, 1.165) is 40.1 Å². The summed E-state index contributed by atoms with van der Waals surface area (Å²) >= 11 is 0. The maximum absolute atomic E-state index is 13.1. The molecule has 0 saturated heterocycles. The number of imidazole rings is 2. The number of aryl methyl sites for hydroxylation is 2. The predicted octanol–water partition coefficient (Wildman–Crippen LogP) is -2.30. The van der Waals surface area contributed by atoms with Gasteiger partial charge in [-0.2, -0.15) is 0 Å². The van der Waals surface area contributed by atoms with Crippen LogP contribution in [0.5, 0.6) is 0 Å². The highest BCUT2D eigenvalue weighted by molar-refractivity contribution is 5.93. The molecule has 13 heteroatoms. The molecule has 4 rings (SSSR count). The van der Waals surface area contributed by atoms with Crippen molar-refractivity contribution in [3.8, 4) is 0 Å². The average Bonchev–Trinajstić information content (AvgIpc) is 3.31. The largest absolute Gasteiger partial charge is 0.340 e. The molecule has 0 N–H and O–H groups in total. The quantitative estimate of drug-likeness (QED) is 0.331. The first-order valence-corrected chi connectivity index (χ1v) is 7.97. The third-order valence-electron chi connectivity index (χ3n) is 4.71. The Hall–Kier alpha value is -4.03. The number of carbonyl (C=O) groups is 1. The summed E-state index contributed by atoms with van der Waals surface area (Å²) < 4.78 is 5.83. The van der Waals surface area contributed by atoms with Crippen molar-refractivity contribution >= 4 is 28.4 Å². The second-order valence-corrected chi connectivity index (χ2v) is 6.27. The van der Waals surface area contributed by atoms with Gasteiger partial charge in [0.15, 0.2) is 22.3 Å². The number of hydrogen-bond donors (Lipinski definition) is 0. The van der Waals surface area contributed by atoms with Crippen LogP contribution in [0.15, 0.2) is 31.8 Å². The Bertz CT molecular complexity index is 1440. The Morgan fingerprint density at radius 2 is 1.04 bits per heavy atom. The average molecular weight is 386 g/mol. The van der Waals surface area contributed by atoms with Gasteiger partial charge >= 0.3 is 17.4 Å². The first kappa shape index (κ1) is 17.4. The van der Waals surface area contributed by atoms with Crippen molar-refractivity contribution in [1.82, 2.24) is 37.4 Å². The standard InChI is InChI=1S/C15H14N8O5/c1-18-9-7(11(24)20(3)13(18)26)22(5-16-9)15(28)23-6-17-10-8(23)12(25)21(4)14(27)19(10)2/h5-6H,1-4H3. The third kappa shape index (κ3) is 1.97. The smallest absolute Gasteiger partial charge is 0.279 e. The Labute approximate surface area is 153 Å². The number of rotatable bonds is 0. The second kappa shape index (κ2) is 5.48. The van der Waals surface area contributed by atoms with Crippen LogP contribution >= 0.6 is 0 Å². The van der Waals surface area contributed by atoms with Gasteiger partial charge in [0.1, 0.15) is 12.7 Å². The predicted molar refractivity (Wildman–Crippen MR) is 96.6 cm³/mol. The molecule has 4 aromatic heterocycles. The molecule has 0 unspecified atom stereocenters. The number of fused-ring (bicyclic) bond motifs is 2. The van der Waals surface area contributed by atoms with Crippen LogP contribution in [0.1, 0.15) is 0 Å². The minimum Gasteiger partial charge on any atom is -0.279 e. The Balaban J connectivity index is 2.08. The van der Waals surface area contributed by atoms with Gasteiger partial charge in [-0.05, 0) is 0 Å². The molecule has 28 heavy (non-hydrogen) atoms. The minimum absolute atomic E-state index is 0.0196. The van der Waals surface area contributed by atoms with E-state index in [1.807, 2.05) is 0 Å².